The molecule has 0 bridgehead atoms. The number of hydrogen-bond donors (Lipinski definition) is 1. The minimum Gasteiger partial charge on any atom is -0.618 e. The zero-order chi connectivity index (χ0) is 24.9. The summed E-state index contributed by atoms with van der Waals surface area (Å²) in [7, 11) is 0.908. The molecule has 1 N–H and O–H groups in total. The fraction of sp³-hybridized carbons (Fsp3) is 0.476. The number of halogens is 6. The third kappa shape index (κ3) is 5.68. The third-order valence-corrected chi connectivity index (χ3v) is 4.74. The summed E-state index contributed by atoms with van der Waals surface area (Å²) in [5, 5.41) is 20.9. The molecule has 0 saturated carbocycles. The predicted octanol–water partition coefficient (Wildman–Crippen LogP) is 4.54. The van der Waals surface area contributed by atoms with Gasteiger partial charge in [-0.2, -0.15) is 31.1 Å². The second-order valence-electron chi connectivity index (χ2n) is 7.06. The van der Waals surface area contributed by atoms with Crippen LogP contribution in [0.15, 0.2) is 36.5 Å². The Morgan fingerprint density at radius 3 is 2.18 bits per heavy atom. The lowest BCUT2D eigenvalue weighted by atomic mass is 9.89. The number of methoxy groups -OCH3 is 1. The molecule has 1 heterocycles. The monoisotopic (exact) mass is 483 g/mol. The zero-order valence-electron chi connectivity index (χ0n) is 17.8. The number of aryl methyl sites for hydroxylation is 1. The first-order chi connectivity index (χ1) is 15.4. The van der Waals surface area contributed by atoms with Gasteiger partial charge in [-0.15, -0.1) is 0 Å². The Bertz CT molecular complexity index is 918. The summed E-state index contributed by atoms with van der Waals surface area (Å²) in [5.41, 5.74) is -5.47. The number of benzene rings is 1. The van der Waals surface area contributed by atoms with Gasteiger partial charge in [-0.1, -0.05) is 19.4 Å². The summed E-state index contributed by atoms with van der Waals surface area (Å²) in [6.45, 7) is 0.188. The van der Waals surface area contributed by atoms with Crippen molar-refractivity contribution < 1.29 is 50.4 Å². The van der Waals surface area contributed by atoms with Gasteiger partial charge in [-0.25, -0.2) is 0 Å². The molecular weight excluding hydrogens is 460 g/mol. The van der Waals surface area contributed by atoms with Crippen molar-refractivity contribution in [1.82, 2.24) is 0 Å². The predicted molar refractivity (Wildman–Crippen MR) is 103 cm³/mol. The van der Waals surface area contributed by atoms with Gasteiger partial charge in [-0.3, -0.25) is 0 Å². The number of rotatable bonds is 10. The Kier molecular flexibility index (Phi) is 8.55. The maximum Gasteiger partial charge on any atom is 0.430 e. The largest absolute Gasteiger partial charge is 0.618 e. The van der Waals surface area contributed by atoms with Gasteiger partial charge in [0.25, 0.3) is 5.60 Å². The van der Waals surface area contributed by atoms with Gasteiger partial charge >= 0.3 is 12.4 Å². The molecule has 0 saturated heterocycles. The van der Waals surface area contributed by atoms with Crippen molar-refractivity contribution in [1.29, 1.82) is 0 Å². The maximum absolute atomic E-state index is 13.8. The molecule has 184 valence electrons. The Labute approximate surface area is 185 Å². The minimum absolute atomic E-state index is 0.0134. The average molecular weight is 483 g/mol. The SMILES string of the molecule is CCCc1cc(C(OCOC)(C(F)(F)F)C(F)(F)F)ccc1Oc1ccc(CCO)[n+]([O-])c1. The number of aromatic nitrogens is 1. The Morgan fingerprint density at radius 1 is 1.00 bits per heavy atom. The topological polar surface area (TPSA) is 74.9 Å². The normalized spacial score (nSPS) is 12.8. The fourth-order valence-corrected chi connectivity index (χ4v) is 3.23. The quantitative estimate of drug-likeness (QED) is 0.233. The van der Waals surface area contributed by atoms with Crippen molar-refractivity contribution in [2.24, 2.45) is 0 Å². The van der Waals surface area contributed by atoms with E-state index in [1.165, 1.54) is 12.1 Å². The van der Waals surface area contributed by atoms with Crippen LogP contribution in [0.1, 0.15) is 30.2 Å². The third-order valence-electron chi connectivity index (χ3n) is 4.74. The van der Waals surface area contributed by atoms with Gasteiger partial charge in [-0.05, 0) is 30.2 Å². The number of nitrogens with zero attached hydrogens (tertiary/aromatic N) is 1. The molecule has 6 nitrogen and oxygen atoms in total. The Balaban J connectivity index is 2.56. The highest BCUT2D eigenvalue weighted by molar-refractivity contribution is 5.43. The van der Waals surface area contributed by atoms with Crippen LogP contribution in [0.5, 0.6) is 11.5 Å². The van der Waals surface area contributed by atoms with E-state index < -0.39 is 30.3 Å². The van der Waals surface area contributed by atoms with Crippen LogP contribution in [0.4, 0.5) is 26.3 Å². The van der Waals surface area contributed by atoms with Crippen LogP contribution in [0.3, 0.4) is 0 Å². The highest BCUT2D eigenvalue weighted by Gasteiger charge is 2.73. The second kappa shape index (κ2) is 10.6. The van der Waals surface area contributed by atoms with Crippen LogP contribution >= 0.6 is 0 Å². The molecule has 0 amide bonds. The summed E-state index contributed by atoms with van der Waals surface area (Å²) in [6, 6.07) is 5.13. The van der Waals surface area contributed by atoms with E-state index >= 15 is 0 Å². The summed E-state index contributed by atoms with van der Waals surface area (Å²) in [5.74, 6) is 0.00540. The highest BCUT2D eigenvalue weighted by Crippen LogP contribution is 2.53. The van der Waals surface area contributed by atoms with Gasteiger partial charge in [0.2, 0.25) is 6.20 Å². The number of aliphatic hydroxyl groups excluding tert-OH is 1. The van der Waals surface area contributed by atoms with Crippen LogP contribution in [0.25, 0.3) is 0 Å². The maximum atomic E-state index is 13.8. The molecule has 2 aromatic rings. The smallest absolute Gasteiger partial charge is 0.430 e. The molecule has 0 aliphatic heterocycles. The summed E-state index contributed by atoms with van der Waals surface area (Å²) in [4.78, 5) is 0. The van der Waals surface area contributed by atoms with Crippen molar-refractivity contribution in [3.63, 3.8) is 0 Å². The van der Waals surface area contributed by atoms with E-state index in [1.807, 2.05) is 0 Å². The lowest BCUT2D eigenvalue weighted by Crippen LogP contribution is -2.56. The molecule has 0 unspecified atom stereocenters. The van der Waals surface area contributed by atoms with Crippen LogP contribution < -0.4 is 9.47 Å². The lowest BCUT2D eigenvalue weighted by Gasteiger charge is -2.37. The van der Waals surface area contributed by atoms with E-state index in [4.69, 9.17) is 9.84 Å². The van der Waals surface area contributed by atoms with Crippen LogP contribution in [0, 0.1) is 5.21 Å². The molecular formula is C21H23F6NO5. The molecule has 0 atom stereocenters. The number of ether oxygens (including phenoxy) is 3. The average Bonchev–Trinajstić information content (AvgIpc) is 2.70. The molecule has 0 aliphatic carbocycles. The summed E-state index contributed by atoms with van der Waals surface area (Å²) in [6.07, 6.45) is -10.1. The first-order valence-corrected chi connectivity index (χ1v) is 9.81. The van der Waals surface area contributed by atoms with Crippen molar-refractivity contribution >= 4 is 0 Å². The standard InChI is InChI=1S/C21H23F6NO5/c1-3-4-14-11-15(19(20(22,23)24,21(25,26)27)32-13-31-2)5-8-18(14)33-17-7-6-16(9-10-29)28(30)12-17/h5-8,11-12,29H,3-4,9-10,13H2,1-2H3. The first kappa shape index (κ1) is 26.7. The zero-order valence-corrected chi connectivity index (χ0v) is 17.8. The molecule has 0 fully saturated rings. The number of pyridine rings is 1. The van der Waals surface area contributed by atoms with Crippen LogP contribution in [-0.2, 0) is 27.9 Å². The molecule has 0 aliphatic rings. The lowest BCUT2D eigenvalue weighted by molar-refractivity contribution is -0.614. The molecule has 33 heavy (non-hydrogen) atoms. The van der Waals surface area contributed by atoms with Crippen molar-refractivity contribution in [2.75, 3.05) is 20.5 Å². The van der Waals surface area contributed by atoms with E-state index in [0.717, 1.165) is 25.4 Å². The molecule has 0 spiro atoms. The van der Waals surface area contributed by atoms with Gasteiger partial charge in [0.15, 0.2) is 11.4 Å². The molecule has 2 rings (SSSR count). The van der Waals surface area contributed by atoms with Crippen LogP contribution in [0.2, 0.25) is 0 Å². The van der Waals surface area contributed by atoms with Gasteiger partial charge in [0.05, 0.1) is 13.0 Å². The number of alkyl halides is 6. The van der Waals surface area contributed by atoms with Crippen LogP contribution in [-0.4, -0.2) is 38.0 Å². The number of hydrogen-bond acceptors (Lipinski definition) is 5. The number of aliphatic hydroxyl groups is 1. The molecule has 1 aromatic carbocycles. The van der Waals surface area contributed by atoms with E-state index in [0.29, 0.717) is 17.2 Å². The Morgan fingerprint density at radius 2 is 1.67 bits per heavy atom. The minimum atomic E-state index is -5.84. The van der Waals surface area contributed by atoms with Gasteiger partial charge in [0, 0.05) is 18.7 Å². The summed E-state index contributed by atoms with van der Waals surface area (Å²) >= 11 is 0. The van der Waals surface area contributed by atoms with Crippen molar-refractivity contribution in [3.05, 3.63) is 58.6 Å². The van der Waals surface area contributed by atoms with E-state index in [-0.39, 0.29) is 42.2 Å². The molecule has 0 radical (unpaired) electrons. The Hall–Kier alpha value is -2.57. The van der Waals surface area contributed by atoms with Gasteiger partial charge in [0.1, 0.15) is 12.5 Å². The molecule has 12 heteroatoms. The van der Waals surface area contributed by atoms with E-state index in [9.17, 15) is 31.5 Å². The van der Waals surface area contributed by atoms with Crippen molar-refractivity contribution in [3.8, 4) is 11.5 Å². The fourth-order valence-electron chi connectivity index (χ4n) is 3.23. The molecule has 1 aromatic heterocycles. The summed E-state index contributed by atoms with van der Waals surface area (Å²) < 4.78 is 97.5. The highest BCUT2D eigenvalue weighted by atomic mass is 19.4. The van der Waals surface area contributed by atoms with Gasteiger partial charge < -0.3 is 24.5 Å². The first-order valence-electron chi connectivity index (χ1n) is 9.81. The second-order valence-corrected chi connectivity index (χ2v) is 7.06. The van der Waals surface area contributed by atoms with Crippen molar-refractivity contribution in [2.45, 2.75) is 44.1 Å². The van der Waals surface area contributed by atoms with E-state index in [1.54, 1.807) is 6.92 Å². The van der Waals surface area contributed by atoms with E-state index in [2.05, 4.69) is 9.47 Å².